The van der Waals surface area contributed by atoms with Gasteiger partial charge < -0.3 is 15.0 Å². The van der Waals surface area contributed by atoms with Crippen LogP contribution >= 0.6 is 0 Å². The topological polar surface area (TPSA) is 41.6 Å². The van der Waals surface area contributed by atoms with Gasteiger partial charge in [0, 0.05) is 6.42 Å². The highest BCUT2D eigenvalue weighted by Gasteiger charge is 2.31. The molecule has 0 aromatic heterocycles. The summed E-state index contributed by atoms with van der Waals surface area (Å²) in [5.74, 6) is 1.00. The molecule has 4 heteroatoms. The number of nitrogens with one attached hydrogen (secondary N) is 1. The Morgan fingerprint density at radius 2 is 2.04 bits per heavy atom. The molecule has 0 aliphatic carbocycles. The van der Waals surface area contributed by atoms with Crippen LogP contribution in [0.4, 0.5) is 0 Å². The molecule has 1 aromatic carbocycles. The van der Waals surface area contributed by atoms with E-state index in [0.717, 1.165) is 19.5 Å². The van der Waals surface area contributed by atoms with E-state index in [1.54, 1.807) is 0 Å². The predicted octanol–water partition coefficient (Wildman–Crippen LogP) is 3.37. The fourth-order valence-electron chi connectivity index (χ4n) is 4.04. The normalized spacial score (nSPS) is 25.2. The lowest BCUT2D eigenvalue weighted by molar-refractivity contribution is -0.144. The molecule has 2 atom stereocenters. The first-order chi connectivity index (χ1) is 12.0. The standard InChI is InChI=1S/C21H32N2O2/c1-15-4-5-16(2)19(12-15)20-13-23(17(3)14-25-20)21(24)7-6-18-8-10-22-11-9-18/h4-5,12,17-18,20,22H,6-11,13-14H2,1-3H3/t17-,20-/m0/s1. The van der Waals surface area contributed by atoms with E-state index in [1.165, 1.54) is 29.5 Å². The van der Waals surface area contributed by atoms with Crippen LogP contribution in [-0.2, 0) is 9.53 Å². The Labute approximate surface area is 151 Å². The van der Waals surface area contributed by atoms with Crippen LogP contribution in [0, 0.1) is 19.8 Å². The summed E-state index contributed by atoms with van der Waals surface area (Å²) in [6.45, 7) is 9.83. The predicted molar refractivity (Wildman–Crippen MR) is 101 cm³/mol. The Bertz CT molecular complexity index is 596. The van der Waals surface area contributed by atoms with Crippen molar-refractivity contribution in [1.29, 1.82) is 0 Å². The minimum absolute atomic E-state index is 0.000990. The summed E-state index contributed by atoms with van der Waals surface area (Å²) >= 11 is 0. The van der Waals surface area contributed by atoms with Gasteiger partial charge in [-0.25, -0.2) is 0 Å². The molecule has 2 aliphatic rings. The van der Waals surface area contributed by atoms with E-state index >= 15 is 0 Å². The number of carbonyl (C=O) groups is 1. The summed E-state index contributed by atoms with van der Waals surface area (Å²) in [5.41, 5.74) is 3.71. The zero-order chi connectivity index (χ0) is 17.8. The highest BCUT2D eigenvalue weighted by molar-refractivity contribution is 5.76. The van der Waals surface area contributed by atoms with Crippen molar-refractivity contribution in [2.45, 2.75) is 58.6 Å². The Hall–Kier alpha value is -1.39. The van der Waals surface area contributed by atoms with Crippen LogP contribution in [-0.4, -0.2) is 43.1 Å². The van der Waals surface area contributed by atoms with Gasteiger partial charge in [0.05, 0.1) is 19.2 Å². The van der Waals surface area contributed by atoms with Gasteiger partial charge >= 0.3 is 0 Å². The van der Waals surface area contributed by atoms with E-state index in [-0.39, 0.29) is 12.1 Å². The molecule has 0 spiro atoms. The molecule has 138 valence electrons. The van der Waals surface area contributed by atoms with Crippen molar-refractivity contribution < 1.29 is 9.53 Å². The SMILES string of the molecule is Cc1ccc(C)c([C@@H]2CN(C(=O)CCC3CCNCC3)[C@@H](C)CO2)c1. The minimum Gasteiger partial charge on any atom is -0.370 e. The summed E-state index contributed by atoms with van der Waals surface area (Å²) < 4.78 is 6.08. The second kappa shape index (κ2) is 8.33. The van der Waals surface area contributed by atoms with E-state index in [4.69, 9.17) is 4.74 Å². The fraction of sp³-hybridized carbons (Fsp3) is 0.667. The Morgan fingerprint density at radius 3 is 2.80 bits per heavy atom. The first kappa shape index (κ1) is 18.4. The number of ether oxygens (including phenoxy) is 1. The second-order valence-corrected chi connectivity index (χ2v) is 7.81. The highest BCUT2D eigenvalue weighted by atomic mass is 16.5. The maximum Gasteiger partial charge on any atom is 0.222 e. The maximum absolute atomic E-state index is 12.8. The van der Waals surface area contributed by atoms with Crippen molar-refractivity contribution >= 4 is 5.91 Å². The largest absolute Gasteiger partial charge is 0.370 e. The summed E-state index contributed by atoms with van der Waals surface area (Å²) in [5, 5.41) is 3.39. The van der Waals surface area contributed by atoms with Gasteiger partial charge in [-0.05, 0) is 70.2 Å². The van der Waals surface area contributed by atoms with Crippen molar-refractivity contribution in [3.63, 3.8) is 0 Å². The van der Waals surface area contributed by atoms with Crippen LogP contribution in [0.3, 0.4) is 0 Å². The van der Waals surface area contributed by atoms with Gasteiger partial charge in [-0.1, -0.05) is 23.8 Å². The van der Waals surface area contributed by atoms with Crippen molar-refractivity contribution in [3.05, 3.63) is 34.9 Å². The van der Waals surface area contributed by atoms with Crippen LogP contribution in [0.25, 0.3) is 0 Å². The Balaban J connectivity index is 1.61. The quantitative estimate of drug-likeness (QED) is 0.910. The van der Waals surface area contributed by atoms with Crippen LogP contribution in [0.1, 0.15) is 55.4 Å². The average molecular weight is 344 g/mol. The van der Waals surface area contributed by atoms with E-state index in [9.17, 15) is 4.79 Å². The molecule has 1 N–H and O–H groups in total. The first-order valence-electron chi connectivity index (χ1n) is 9.73. The maximum atomic E-state index is 12.8. The van der Waals surface area contributed by atoms with Gasteiger partial charge in [0.1, 0.15) is 6.10 Å². The third kappa shape index (κ3) is 4.62. The van der Waals surface area contributed by atoms with E-state index < -0.39 is 0 Å². The van der Waals surface area contributed by atoms with Crippen LogP contribution in [0.5, 0.6) is 0 Å². The lowest BCUT2D eigenvalue weighted by Crippen LogP contribution is -2.48. The summed E-state index contributed by atoms with van der Waals surface area (Å²) in [7, 11) is 0. The molecule has 2 aliphatic heterocycles. The van der Waals surface area contributed by atoms with Gasteiger partial charge in [0.25, 0.3) is 0 Å². The van der Waals surface area contributed by atoms with Crippen LogP contribution in [0.2, 0.25) is 0 Å². The molecule has 2 heterocycles. The number of piperidine rings is 1. The van der Waals surface area contributed by atoms with Crippen molar-refractivity contribution in [3.8, 4) is 0 Å². The number of hydrogen-bond donors (Lipinski definition) is 1. The molecule has 2 saturated heterocycles. The lowest BCUT2D eigenvalue weighted by Gasteiger charge is -2.39. The van der Waals surface area contributed by atoms with Gasteiger partial charge in [-0.3, -0.25) is 4.79 Å². The molecule has 0 radical (unpaired) electrons. The first-order valence-corrected chi connectivity index (χ1v) is 9.73. The number of benzene rings is 1. The summed E-state index contributed by atoms with van der Waals surface area (Å²) in [6, 6.07) is 6.65. The highest BCUT2D eigenvalue weighted by Crippen LogP contribution is 2.29. The monoisotopic (exact) mass is 344 g/mol. The summed E-state index contributed by atoms with van der Waals surface area (Å²) in [6.07, 6.45) is 4.11. The number of nitrogens with zero attached hydrogens (tertiary/aromatic N) is 1. The number of carbonyl (C=O) groups excluding carboxylic acids is 1. The Kier molecular flexibility index (Phi) is 6.13. The molecule has 4 nitrogen and oxygen atoms in total. The smallest absolute Gasteiger partial charge is 0.222 e. The van der Waals surface area contributed by atoms with Gasteiger partial charge in [-0.15, -0.1) is 0 Å². The van der Waals surface area contributed by atoms with E-state index in [2.05, 4.69) is 49.2 Å². The molecular weight excluding hydrogens is 312 g/mol. The van der Waals surface area contributed by atoms with Crippen molar-refractivity contribution in [2.24, 2.45) is 5.92 Å². The number of morpholine rings is 1. The minimum atomic E-state index is -0.000990. The average Bonchev–Trinajstić information content (AvgIpc) is 2.63. The van der Waals surface area contributed by atoms with E-state index in [1.807, 2.05) is 0 Å². The zero-order valence-corrected chi connectivity index (χ0v) is 15.9. The molecule has 2 fully saturated rings. The van der Waals surface area contributed by atoms with Crippen LogP contribution < -0.4 is 5.32 Å². The molecule has 3 rings (SSSR count). The number of aryl methyl sites for hydroxylation is 2. The van der Waals surface area contributed by atoms with Gasteiger partial charge in [-0.2, -0.15) is 0 Å². The molecule has 0 bridgehead atoms. The fourth-order valence-corrected chi connectivity index (χ4v) is 4.04. The van der Waals surface area contributed by atoms with Crippen molar-refractivity contribution in [1.82, 2.24) is 10.2 Å². The third-order valence-corrected chi connectivity index (χ3v) is 5.76. The second-order valence-electron chi connectivity index (χ2n) is 7.81. The molecule has 0 saturated carbocycles. The third-order valence-electron chi connectivity index (χ3n) is 5.76. The van der Waals surface area contributed by atoms with Crippen molar-refractivity contribution in [2.75, 3.05) is 26.2 Å². The number of hydrogen-bond acceptors (Lipinski definition) is 3. The number of rotatable bonds is 4. The molecular formula is C21H32N2O2. The molecule has 1 amide bonds. The van der Waals surface area contributed by atoms with Crippen LogP contribution in [0.15, 0.2) is 18.2 Å². The summed E-state index contributed by atoms with van der Waals surface area (Å²) in [4.78, 5) is 14.9. The van der Waals surface area contributed by atoms with E-state index in [0.29, 0.717) is 31.4 Å². The van der Waals surface area contributed by atoms with Gasteiger partial charge in [0.2, 0.25) is 5.91 Å². The molecule has 0 unspecified atom stereocenters. The zero-order valence-electron chi connectivity index (χ0n) is 15.9. The Morgan fingerprint density at radius 1 is 1.28 bits per heavy atom. The molecule has 1 aromatic rings. The van der Waals surface area contributed by atoms with Gasteiger partial charge in [0.15, 0.2) is 0 Å². The number of amides is 1. The lowest BCUT2D eigenvalue weighted by atomic mass is 9.92. The molecule has 25 heavy (non-hydrogen) atoms.